The maximum atomic E-state index is 2.39. The first-order valence-corrected chi connectivity index (χ1v) is 6.63. The van der Waals surface area contributed by atoms with E-state index in [1.165, 1.54) is 17.4 Å². The molecule has 1 heterocycles. The molecule has 0 saturated carbocycles. The average molecular weight is 237 g/mol. The Balaban J connectivity index is 2.48. The summed E-state index contributed by atoms with van der Waals surface area (Å²) in [5, 5.41) is 1.44. The van der Waals surface area contributed by atoms with Gasteiger partial charge in [0, 0.05) is 0 Å². The summed E-state index contributed by atoms with van der Waals surface area (Å²) in [6.45, 7) is 4.55. The van der Waals surface area contributed by atoms with E-state index in [1.807, 2.05) is 0 Å². The van der Waals surface area contributed by atoms with Crippen molar-refractivity contribution in [2.75, 3.05) is 0 Å². The summed E-state index contributed by atoms with van der Waals surface area (Å²) in [6.07, 6.45) is 1.24. The van der Waals surface area contributed by atoms with Crippen LogP contribution in [-0.2, 0) is 0 Å². The molecule has 0 saturated heterocycles. The summed E-state index contributed by atoms with van der Waals surface area (Å²) in [4.78, 5) is 2.30. The van der Waals surface area contributed by atoms with E-state index in [9.17, 15) is 0 Å². The van der Waals surface area contributed by atoms with Crippen molar-refractivity contribution in [2.45, 2.75) is 26.2 Å². The maximum absolute atomic E-state index is 2.39. The molecule has 1 unspecified atom stereocenters. The van der Waals surface area contributed by atoms with Gasteiger partial charge in [-0.2, -0.15) is 0 Å². The van der Waals surface area contributed by atoms with Crippen LogP contribution in [0.3, 0.4) is 0 Å². The van der Waals surface area contributed by atoms with Gasteiger partial charge in [-0.3, -0.25) is 0 Å². The monoisotopic (exact) mass is 238 g/mol. The van der Waals surface area contributed by atoms with Crippen LogP contribution in [0.25, 0.3) is 9.65 Å². The van der Waals surface area contributed by atoms with E-state index in [-0.39, 0.29) is 0 Å². The molecular formula is C12H14Se. The van der Waals surface area contributed by atoms with Gasteiger partial charge in [-0.15, -0.1) is 0 Å². The molecule has 0 bridgehead atoms. The normalized spacial score (nSPS) is 13.4. The van der Waals surface area contributed by atoms with Crippen molar-refractivity contribution in [3.05, 3.63) is 34.8 Å². The molecule has 0 N–H and O–H groups in total. The fourth-order valence-electron chi connectivity index (χ4n) is 1.51. The van der Waals surface area contributed by atoms with Crippen LogP contribution in [0.15, 0.2) is 29.2 Å². The predicted octanol–water partition coefficient (Wildman–Crippen LogP) is 3.41. The standard InChI is InChI=1S/C12H14Se/c1-3-9(2)11-5-4-10-6-7-13-12(10)8-11/h4-9H,3H2,1-2H3. The molecule has 2 rings (SSSR count). The van der Waals surface area contributed by atoms with E-state index in [4.69, 9.17) is 0 Å². The van der Waals surface area contributed by atoms with Crippen LogP contribution in [0, 0.1) is 0 Å². The third kappa shape index (κ3) is 1.72. The van der Waals surface area contributed by atoms with Crippen molar-refractivity contribution in [1.29, 1.82) is 0 Å². The third-order valence-corrected chi connectivity index (χ3v) is 4.51. The SMILES string of the molecule is CCC(C)c1ccc2cc[se]c2c1. The molecule has 13 heavy (non-hydrogen) atoms. The zero-order chi connectivity index (χ0) is 9.26. The molecule has 0 amide bonds. The van der Waals surface area contributed by atoms with Gasteiger partial charge in [-0.05, 0) is 0 Å². The van der Waals surface area contributed by atoms with Crippen molar-refractivity contribution >= 4 is 24.1 Å². The van der Waals surface area contributed by atoms with Gasteiger partial charge in [-0.1, -0.05) is 0 Å². The molecule has 0 aliphatic rings. The van der Waals surface area contributed by atoms with Crippen LogP contribution in [-0.4, -0.2) is 14.5 Å². The van der Waals surface area contributed by atoms with Gasteiger partial charge in [-0.25, -0.2) is 0 Å². The number of benzene rings is 1. The van der Waals surface area contributed by atoms with Crippen LogP contribution in [0.5, 0.6) is 0 Å². The van der Waals surface area contributed by atoms with Gasteiger partial charge in [0.25, 0.3) is 0 Å². The van der Waals surface area contributed by atoms with Gasteiger partial charge in [0.05, 0.1) is 0 Å². The molecular weight excluding hydrogens is 223 g/mol. The summed E-state index contributed by atoms with van der Waals surface area (Å²) < 4.78 is 1.56. The Morgan fingerprint density at radius 1 is 1.31 bits per heavy atom. The molecule has 0 aliphatic heterocycles. The Morgan fingerprint density at radius 2 is 2.15 bits per heavy atom. The molecule has 0 nitrogen and oxygen atoms in total. The van der Waals surface area contributed by atoms with Crippen LogP contribution in [0.4, 0.5) is 0 Å². The minimum atomic E-state index is 0.596. The molecule has 1 heteroatoms. The first-order valence-electron chi connectivity index (χ1n) is 4.78. The van der Waals surface area contributed by atoms with E-state index in [2.05, 4.69) is 43.1 Å². The second-order valence-electron chi connectivity index (χ2n) is 3.53. The molecule has 0 radical (unpaired) electrons. The van der Waals surface area contributed by atoms with Crippen molar-refractivity contribution < 1.29 is 0 Å². The Morgan fingerprint density at radius 3 is 2.92 bits per heavy atom. The zero-order valence-corrected chi connectivity index (χ0v) is 9.79. The second-order valence-corrected chi connectivity index (χ2v) is 5.52. The fraction of sp³-hybridized carbons (Fsp3) is 0.333. The zero-order valence-electron chi connectivity index (χ0n) is 8.08. The average Bonchev–Trinajstić information content (AvgIpc) is 2.63. The molecule has 0 spiro atoms. The van der Waals surface area contributed by atoms with E-state index in [0.29, 0.717) is 20.4 Å². The van der Waals surface area contributed by atoms with Crippen molar-refractivity contribution in [3.63, 3.8) is 0 Å². The third-order valence-electron chi connectivity index (χ3n) is 2.66. The predicted molar refractivity (Wildman–Crippen MR) is 59.6 cm³/mol. The van der Waals surface area contributed by atoms with E-state index in [0.717, 1.165) is 0 Å². The molecule has 1 atom stereocenters. The first-order chi connectivity index (χ1) is 6.31. The number of hydrogen-bond donors (Lipinski definition) is 0. The topological polar surface area (TPSA) is 0 Å². The molecule has 1 aromatic heterocycles. The van der Waals surface area contributed by atoms with Crippen LogP contribution in [0.1, 0.15) is 31.7 Å². The van der Waals surface area contributed by atoms with E-state index in [1.54, 1.807) is 4.26 Å². The molecule has 68 valence electrons. The molecule has 1 aromatic carbocycles. The Bertz CT molecular complexity index is 400. The van der Waals surface area contributed by atoms with Crippen LogP contribution in [0.2, 0.25) is 0 Å². The van der Waals surface area contributed by atoms with E-state index < -0.39 is 0 Å². The van der Waals surface area contributed by atoms with Crippen molar-refractivity contribution in [1.82, 2.24) is 0 Å². The summed E-state index contributed by atoms with van der Waals surface area (Å²) in [5.74, 6) is 0.710. The fourth-order valence-corrected chi connectivity index (χ4v) is 3.27. The van der Waals surface area contributed by atoms with Gasteiger partial charge in [0.15, 0.2) is 0 Å². The molecule has 2 aromatic rings. The van der Waals surface area contributed by atoms with Crippen LogP contribution >= 0.6 is 0 Å². The Kier molecular flexibility index (Phi) is 2.57. The summed E-state index contributed by atoms with van der Waals surface area (Å²) >= 11 is 0.596. The summed E-state index contributed by atoms with van der Waals surface area (Å²) in [7, 11) is 0. The number of rotatable bonds is 2. The number of hydrogen-bond acceptors (Lipinski definition) is 0. The van der Waals surface area contributed by atoms with Gasteiger partial charge >= 0.3 is 85.1 Å². The first kappa shape index (κ1) is 9.05. The number of fused-ring (bicyclic) bond motifs is 1. The van der Waals surface area contributed by atoms with Gasteiger partial charge in [0.2, 0.25) is 0 Å². The Labute approximate surface area is 85.3 Å². The van der Waals surface area contributed by atoms with E-state index >= 15 is 0 Å². The van der Waals surface area contributed by atoms with Gasteiger partial charge < -0.3 is 0 Å². The van der Waals surface area contributed by atoms with Crippen molar-refractivity contribution in [3.8, 4) is 0 Å². The quantitative estimate of drug-likeness (QED) is 0.702. The molecule has 0 aliphatic carbocycles. The van der Waals surface area contributed by atoms with Crippen LogP contribution < -0.4 is 0 Å². The summed E-state index contributed by atoms with van der Waals surface area (Å²) in [5.41, 5.74) is 1.51. The minimum absolute atomic E-state index is 0.596. The Hall–Kier alpha value is -0.521. The molecule has 0 fully saturated rings. The van der Waals surface area contributed by atoms with Gasteiger partial charge in [0.1, 0.15) is 0 Å². The van der Waals surface area contributed by atoms with Crippen molar-refractivity contribution in [2.24, 2.45) is 0 Å². The second kappa shape index (κ2) is 3.69. The summed E-state index contributed by atoms with van der Waals surface area (Å²) in [6, 6.07) is 9.18.